The molecule has 38 heavy (non-hydrogen) atoms. The molecule has 1 aliphatic rings. The Kier molecular flexibility index (Phi) is 6.96. The van der Waals surface area contributed by atoms with E-state index in [4.69, 9.17) is 25.5 Å². The minimum absolute atomic E-state index is 0.157. The molecule has 1 fully saturated rings. The number of hydrogen-bond donors (Lipinski definition) is 2. The maximum Gasteiger partial charge on any atom is 0.410 e. The van der Waals surface area contributed by atoms with Gasteiger partial charge in [0.15, 0.2) is 0 Å². The molecule has 0 spiro atoms. The predicted molar refractivity (Wildman–Crippen MR) is 148 cm³/mol. The van der Waals surface area contributed by atoms with E-state index in [2.05, 4.69) is 15.3 Å². The molecular weight excluding hydrogens is 508 g/mol. The van der Waals surface area contributed by atoms with Crippen LogP contribution in [-0.2, 0) is 4.74 Å². The van der Waals surface area contributed by atoms with Crippen LogP contribution in [0.3, 0.4) is 0 Å². The van der Waals surface area contributed by atoms with E-state index in [1.807, 2.05) is 39.0 Å². The Bertz CT molecular complexity index is 1550. The van der Waals surface area contributed by atoms with Gasteiger partial charge in [-0.1, -0.05) is 11.6 Å². The lowest BCUT2D eigenvalue weighted by molar-refractivity contribution is 0.0188. The molecule has 2 aromatic carbocycles. The molecule has 0 saturated carbocycles. The van der Waals surface area contributed by atoms with Crippen LogP contribution in [0.2, 0.25) is 5.02 Å². The van der Waals surface area contributed by atoms with Crippen molar-refractivity contribution in [1.82, 2.24) is 14.9 Å². The van der Waals surface area contributed by atoms with Crippen molar-refractivity contribution >= 4 is 45.5 Å². The van der Waals surface area contributed by atoms with Crippen molar-refractivity contribution in [3.05, 3.63) is 51.8 Å². The van der Waals surface area contributed by atoms with Crippen LogP contribution in [0.25, 0.3) is 33.5 Å². The quantitative estimate of drug-likeness (QED) is 0.318. The predicted octanol–water partition coefficient (Wildman–Crippen LogP) is 6.06. The van der Waals surface area contributed by atoms with E-state index in [9.17, 15) is 9.59 Å². The number of amides is 1. The summed E-state index contributed by atoms with van der Waals surface area (Å²) in [6, 6.07) is 10.9. The van der Waals surface area contributed by atoms with E-state index in [0.717, 1.165) is 25.1 Å². The van der Waals surface area contributed by atoms with Crippen molar-refractivity contribution in [3.63, 3.8) is 0 Å². The molecular formula is C28H31ClN4O5. The second-order valence-corrected chi connectivity index (χ2v) is 10.9. The molecule has 2 N–H and O–H groups in total. The Morgan fingerprint density at radius 2 is 1.97 bits per heavy atom. The highest BCUT2D eigenvalue weighted by Gasteiger charge is 2.26. The Balaban J connectivity index is 1.27. The maximum atomic E-state index is 12.8. The first-order chi connectivity index (χ1) is 18.1. The number of halogens is 1. The molecule has 4 aromatic rings. The van der Waals surface area contributed by atoms with Crippen molar-refractivity contribution < 1.29 is 18.7 Å². The number of hydrogen-bond acceptors (Lipinski definition) is 7. The van der Waals surface area contributed by atoms with Crippen LogP contribution in [0.4, 0.5) is 10.5 Å². The Hall–Kier alpha value is -3.72. The van der Waals surface area contributed by atoms with Gasteiger partial charge in [-0.05, 0) is 75.9 Å². The van der Waals surface area contributed by atoms with Crippen LogP contribution in [0.5, 0.6) is 5.75 Å². The molecule has 0 atom stereocenters. The maximum absolute atomic E-state index is 12.8. The Morgan fingerprint density at radius 1 is 1.21 bits per heavy atom. The largest absolute Gasteiger partial charge is 0.497 e. The summed E-state index contributed by atoms with van der Waals surface area (Å²) < 4.78 is 16.5. The number of anilines is 1. The summed E-state index contributed by atoms with van der Waals surface area (Å²) in [6.45, 7) is 7.75. The number of benzene rings is 2. The molecule has 10 heteroatoms. The highest BCUT2D eigenvalue weighted by molar-refractivity contribution is 6.33. The van der Waals surface area contributed by atoms with Crippen LogP contribution < -0.4 is 15.6 Å². The summed E-state index contributed by atoms with van der Waals surface area (Å²) in [6.07, 6.45) is 1.54. The lowest BCUT2D eigenvalue weighted by atomic mass is 9.97. The molecule has 5 rings (SSSR count). The van der Waals surface area contributed by atoms with Crippen LogP contribution >= 0.6 is 11.6 Å². The number of nitrogens with zero attached hydrogens (tertiary/aromatic N) is 2. The molecule has 1 saturated heterocycles. The van der Waals surface area contributed by atoms with E-state index in [0.29, 0.717) is 57.7 Å². The number of piperidine rings is 1. The number of aromatic nitrogens is 2. The standard InChI is InChI=1S/C28H31ClN4O5/c1-28(2,3)38-27(35)33-11-9-16(10-12-33)15-30-17-5-7-19(21(29)13-17)25-31-23-20-14-18(36-4)6-8-22(20)37-24(23)26(34)32-25/h5-8,13-14,16,30H,9-12,15H2,1-4H3,(H,31,32,34). The molecule has 3 heterocycles. The summed E-state index contributed by atoms with van der Waals surface area (Å²) in [4.78, 5) is 34.3. The van der Waals surface area contributed by atoms with Crippen LogP contribution in [0.15, 0.2) is 45.6 Å². The van der Waals surface area contributed by atoms with Crippen molar-refractivity contribution in [2.75, 3.05) is 32.1 Å². The summed E-state index contributed by atoms with van der Waals surface area (Å²) in [5.74, 6) is 1.44. The van der Waals surface area contributed by atoms with E-state index in [1.54, 1.807) is 30.2 Å². The fourth-order valence-corrected chi connectivity index (χ4v) is 4.88. The third-order valence-electron chi connectivity index (χ3n) is 6.62. The molecule has 9 nitrogen and oxygen atoms in total. The van der Waals surface area contributed by atoms with E-state index in [1.165, 1.54) is 0 Å². The SMILES string of the molecule is COc1ccc2oc3c(=O)[nH]c(-c4ccc(NCC5CCN(C(=O)OC(C)(C)C)CC5)cc4Cl)nc3c2c1. The topological polar surface area (TPSA) is 110 Å². The van der Waals surface area contributed by atoms with Crippen LogP contribution in [0, 0.1) is 5.92 Å². The molecule has 0 radical (unpaired) electrons. The van der Waals surface area contributed by atoms with E-state index < -0.39 is 5.60 Å². The zero-order valence-corrected chi connectivity index (χ0v) is 22.6. The molecule has 0 bridgehead atoms. The second kappa shape index (κ2) is 10.2. The molecule has 1 aliphatic heterocycles. The normalized spacial score (nSPS) is 14.7. The lowest BCUT2D eigenvalue weighted by Crippen LogP contribution is -2.42. The average molecular weight is 539 g/mol. The number of aromatic amines is 1. The fraction of sp³-hybridized carbons (Fsp3) is 0.393. The number of rotatable bonds is 5. The van der Waals surface area contributed by atoms with Gasteiger partial charge in [-0.25, -0.2) is 9.78 Å². The van der Waals surface area contributed by atoms with Gasteiger partial charge in [0.05, 0.1) is 17.5 Å². The highest BCUT2D eigenvalue weighted by Crippen LogP contribution is 2.32. The smallest absolute Gasteiger partial charge is 0.410 e. The molecule has 0 aliphatic carbocycles. The molecule has 2 aromatic heterocycles. The van der Waals surface area contributed by atoms with E-state index in [-0.39, 0.29) is 17.2 Å². The first-order valence-electron chi connectivity index (χ1n) is 12.6. The molecule has 1 amide bonds. The van der Waals surface area contributed by atoms with Gasteiger partial charge in [-0.2, -0.15) is 0 Å². The number of fused-ring (bicyclic) bond motifs is 3. The van der Waals surface area contributed by atoms with Gasteiger partial charge in [0, 0.05) is 30.9 Å². The van der Waals surface area contributed by atoms with Gasteiger partial charge in [-0.15, -0.1) is 0 Å². The number of furan rings is 1. The summed E-state index contributed by atoms with van der Waals surface area (Å²) in [5.41, 5.74) is 1.77. The Labute approximate surface area is 225 Å². The van der Waals surface area contributed by atoms with Gasteiger partial charge in [-0.3, -0.25) is 4.79 Å². The number of nitrogens with one attached hydrogen (secondary N) is 2. The summed E-state index contributed by atoms with van der Waals surface area (Å²) >= 11 is 6.63. The number of H-pyrrole nitrogens is 1. The zero-order chi connectivity index (χ0) is 27.0. The lowest BCUT2D eigenvalue weighted by Gasteiger charge is -2.33. The van der Waals surface area contributed by atoms with Gasteiger partial charge in [0.25, 0.3) is 5.56 Å². The van der Waals surface area contributed by atoms with Crippen molar-refractivity contribution in [2.45, 2.75) is 39.2 Å². The highest BCUT2D eigenvalue weighted by atomic mass is 35.5. The van der Waals surface area contributed by atoms with Crippen LogP contribution in [-0.4, -0.2) is 53.3 Å². The number of carbonyl (C=O) groups is 1. The summed E-state index contributed by atoms with van der Waals surface area (Å²) in [5, 5.41) is 4.60. The number of methoxy groups -OCH3 is 1. The number of likely N-dealkylation sites (tertiary alicyclic amines) is 1. The van der Waals surface area contributed by atoms with Crippen molar-refractivity contribution in [1.29, 1.82) is 0 Å². The third kappa shape index (κ3) is 5.43. The third-order valence-corrected chi connectivity index (χ3v) is 6.93. The van der Waals surface area contributed by atoms with Crippen LogP contribution in [0.1, 0.15) is 33.6 Å². The second-order valence-electron chi connectivity index (χ2n) is 10.5. The first-order valence-corrected chi connectivity index (χ1v) is 13.0. The van der Waals surface area contributed by atoms with Crippen molar-refractivity contribution in [3.8, 4) is 17.1 Å². The molecule has 200 valence electrons. The molecule has 0 unspecified atom stereocenters. The Morgan fingerprint density at radius 3 is 2.66 bits per heavy atom. The monoisotopic (exact) mass is 538 g/mol. The van der Waals surface area contributed by atoms with Gasteiger partial charge >= 0.3 is 6.09 Å². The number of carbonyl (C=O) groups excluding carboxylic acids is 1. The minimum atomic E-state index is -0.491. The van der Waals surface area contributed by atoms with Gasteiger partial charge in [0.1, 0.15) is 28.3 Å². The van der Waals surface area contributed by atoms with Crippen molar-refractivity contribution in [2.24, 2.45) is 5.92 Å². The van der Waals surface area contributed by atoms with Gasteiger partial charge < -0.3 is 29.1 Å². The minimum Gasteiger partial charge on any atom is -0.497 e. The average Bonchev–Trinajstić information content (AvgIpc) is 3.25. The zero-order valence-electron chi connectivity index (χ0n) is 21.9. The van der Waals surface area contributed by atoms with E-state index >= 15 is 0 Å². The number of ether oxygens (including phenoxy) is 2. The fourth-order valence-electron chi connectivity index (χ4n) is 4.61. The first kappa shape index (κ1) is 25.9. The van der Waals surface area contributed by atoms with Gasteiger partial charge in [0.2, 0.25) is 5.58 Å². The summed E-state index contributed by atoms with van der Waals surface area (Å²) in [7, 11) is 1.58.